The van der Waals surface area contributed by atoms with Crippen LogP contribution in [-0.2, 0) is 16.8 Å². The van der Waals surface area contributed by atoms with Crippen molar-refractivity contribution < 1.29 is 36.6 Å². The first-order valence-electron chi connectivity index (χ1n) is 7.15. The van der Waals surface area contributed by atoms with Gasteiger partial charge in [0.2, 0.25) is 0 Å². The van der Waals surface area contributed by atoms with E-state index in [1.807, 2.05) is 24.3 Å². The van der Waals surface area contributed by atoms with Gasteiger partial charge < -0.3 is 15.9 Å². The van der Waals surface area contributed by atoms with E-state index in [2.05, 4.69) is 9.97 Å². The monoisotopic (exact) mass is 396 g/mol. The van der Waals surface area contributed by atoms with Gasteiger partial charge in [0.25, 0.3) is 0 Å². The summed E-state index contributed by atoms with van der Waals surface area (Å²) in [6.07, 6.45) is 7.15. The molecule has 0 atom stereocenters. The second-order valence-corrected chi connectivity index (χ2v) is 4.93. The minimum atomic E-state index is -1.20. The molecule has 4 N–H and O–H groups in total. The van der Waals surface area contributed by atoms with E-state index in [0.29, 0.717) is 0 Å². The number of anilines is 1. The molecular formula is C18H15CoN3O4. The first-order valence-corrected chi connectivity index (χ1v) is 7.15. The Morgan fingerprint density at radius 2 is 1.08 bits per heavy atom. The summed E-state index contributed by atoms with van der Waals surface area (Å²) in [4.78, 5) is 28.9. The number of carboxylic acids is 2. The van der Waals surface area contributed by atoms with E-state index >= 15 is 0 Å². The maximum absolute atomic E-state index is 10.5. The van der Waals surface area contributed by atoms with Crippen LogP contribution in [0.5, 0.6) is 0 Å². The van der Waals surface area contributed by atoms with Gasteiger partial charge in [0.15, 0.2) is 0 Å². The average Bonchev–Trinajstić information content (AvgIpc) is 2.63. The summed E-state index contributed by atoms with van der Waals surface area (Å²) in [6, 6.07) is 11.4. The van der Waals surface area contributed by atoms with Crippen LogP contribution < -0.4 is 5.73 Å². The quantitative estimate of drug-likeness (QED) is 0.581. The molecule has 0 aliphatic rings. The molecule has 7 nitrogen and oxygen atoms in total. The van der Waals surface area contributed by atoms with Crippen molar-refractivity contribution in [3.05, 3.63) is 78.4 Å². The molecule has 0 saturated heterocycles. The molecule has 0 spiro atoms. The molecule has 0 amide bonds. The maximum Gasteiger partial charge on any atom is 0.335 e. The van der Waals surface area contributed by atoms with Crippen LogP contribution in [0.25, 0.3) is 11.1 Å². The fourth-order valence-electron chi connectivity index (χ4n) is 1.99. The van der Waals surface area contributed by atoms with Crippen molar-refractivity contribution in [2.24, 2.45) is 0 Å². The van der Waals surface area contributed by atoms with Crippen LogP contribution in [0.4, 0.5) is 5.69 Å². The number of carboxylic acid groups (broad SMARTS) is 2. The van der Waals surface area contributed by atoms with Gasteiger partial charge in [-0.05, 0) is 53.6 Å². The molecule has 8 heteroatoms. The summed E-state index contributed by atoms with van der Waals surface area (Å²) in [6.45, 7) is 0. The molecule has 0 bridgehead atoms. The van der Waals surface area contributed by atoms with Crippen LogP contribution in [0.3, 0.4) is 0 Å². The van der Waals surface area contributed by atoms with Crippen molar-refractivity contribution in [2.45, 2.75) is 0 Å². The number of carbonyl (C=O) groups is 2. The van der Waals surface area contributed by atoms with Crippen LogP contribution in [0.2, 0.25) is 0 Å². The number of hydrogen-bond donors (Lipinski definition) is 3. The standard InChI is InChI=1S/C10H8N2.C8H7NO4.Co/c1-5-11-6-2-9(1)10-3-7-12-8-4-10;9-6-2-4(7(10)11)1-5(3-6)8(12)13;/h1-8H;1-3H,9H2,(H,10,11)(H,12,13);. The summed E-state index contributed by atoms with van der Waals surface area (Å²) >= 11 is 0. The van der Waals surface area contributed by atoms with Crippen molar-refractivity contribution >= 4 is 17.6 Å². The van der Waals surface area contributed by atoms with Crippen LogP contribution in [0.15, 0.2) is 67.3 Å². The summed E-state index contributed by atoms with van der Waals surface area (Å²) in [5.74, 6) is -2.40. The third kappa shape index (κ3) is 6.00. The molecule has 0 aliphatic heterocycles. The van der Waals surface area contributed by atoms with Crippen LogP contribution in [-0.4, -0.2) is 32.1 Å². The number of aromatic nitrogens is 2. The number of nitrogens with two attached hydrogens (primary N) is 1. The molecule has 0 aliphatic carbocycles. The SMILES string of the molecule is Nc1cc(C(=O)O)cc(C(=O)O)c1.[Co].c1cc(-c2ccncc2)ccn1. The van der Waals surface area contributed by atoms with Gasteiger partial charge in [-0.3, -0.25) is 9.97 Å². The molecule has 3 rings (SSSR count). The topological polar surface area (TPSA) is 126 Å². The molecule has 135 valence electrons. The van der Waals surface area contributed by atoms with E-state index < -0.39 is 11.9 Å². The molecule has 2 heterocycles. The molecule has 0 unspecified atom stereocenters. The van der Waals surface area contributed by atoms with Crippen molar-refractivity contribution in [1.82, 2.24) is 9.97 Å². The Labute approximate surface area is 159 Å². The maximum atomic E-state index is 10.5. The third-order valence-corrected chi connectivity index (χ3v) is 3.14. The summed E-state index contributed by atoms with van der Waals surface area (Å²) in [5.41, 5.74) is 7.52. The molecule has 3 aromatic rings. The van der Waals surface area contributed by atoms with E-state index in [4.69, 9.17) is 15.9 Å². The molecule has 1 radical (unpaired) electrons. The zero-order valence-electron chi connectivity index (χ0n) is 13.4. The summed E-state index contributed by atoms with van der Waals surface area (Å²) in [5, 5.41) is 17.1. The van der Waals surface area contributed by atoms with Crippen molar-refractivity contribution in [3.8, 4) is 11.1 Å². The first-order chi connectivity index (χ1) is 12.0. The molecule has 0 fully saturated rings. The fraction of sp³-hybridized carbons (Fsp3) is 0. The zero-order valence-corrected chi connectivity index (χ0v) is 14.4. The molecule has 26 heavy (non-hydrogen) atoms. The van der Waals surface area contributed by atoms with Gasteiger partial charge in [-0.25, -0.2) is 9.59 Å². The van der Waals surface area contributed by atoms with Crippen molar-refractivity contribution in [3.63, 3.8) is 0 Å². The minimum absolute atomic E-state index is 0. The van der Waals surface area contributed by atoms with Crippen LogP contribution >= 0.6 is 0 Å². The Morgan fingerprint density at radius 3 is 1.38 bits per heavy atom. The normalized spacial score (nSPS) is 9.23. The Morgan fingerprint density at radius 1 is 0.731 bits per heavy atom. The van der Waals surface area contributed by atoms with Gasteiger partial charge in [0, 0.05) is 47.3 Å². The Kier molecular flexibility index (Phi) is 7.94. The number of nitrogens with zero attached hydrogens (tertiary/aromatic N) is 2. The molecule has 1 aromatic carbocycles. The number of rotatable bonds is 3. The van der Waals surface area contributed by atoms with Gasteiger partial charge in [-0.1, -0.05) is 0 Å². The fourth-order valence-corrected chi connectivity index (χ4v) is 1.99. The van der Waals surface area contributed by atoms with Gasteiger partial charge in [-0.15, -0.1) is 0 Å². The molecule has 2 aromatic heterocycles. The predicted octanol–water partition coefficient (Wildman–Crippen LogP) is 2.81. The van der Waals surface area contributed by atoms with Crippen molar-refractivity contribution in [1.29, 1.82) is 0 Å². The summed E-state index contributed by atoms with van der Waals surface area (Å²) in [7, 11) is 0. The number of pyridine rings is 2. The second kappa shape index (κ2) is 9.92. The van der Waals surface area contributed by atoms with Gasteiger partial charge >= 0.3 is 11.9 Å². The number of nitrogen functional groups attached to an aromatic ring is 1. The smallest absolute Gasteiger partial charge is 0.335 e. The van der Waals surface area contributed by atoms with Gasteiger partial charge in [-0.2, -0.15) is 0 Å². The molecule has 0 saturated carbocycles. The van der Waals surface area contributed by atoms with Gasteiger partial charge in [0.1, 0.15) is 0 Å². The van der Waals surface area contributed by atoms with Crippen molar-refractivity contribution in [2.75, 3.05) is 5.73 Å². The molecular weight excluding hydrogens is 381 g/mol. The Hall–Kier alpha value is -3.23. The number of benzene rings is 1. The average molecular weight is 396 g/mol. The Balaban J connectivity index is 0.000000251. The Bertz CT molecular complexity index is 804. The van der Waals surface area contributed by atoms with E-state index in [1.54, 1.807) is 24.8 Å². The predicted molar refractivity (Wildman–Crippen MR) is 92.2 cm³/mol. The van der Waals surface area contributed by atoms with E-state index in [9.17, 15) is 9.59 Å². The van der Waals surface area contributed by atoms with E-state index in [1.165, 1.54) is 23.3 Å². The van der Waals surface area contributed by atoms with E-state index in [0.717, 1.165) is 6.07 Å². The summed E-state index contributed by atoms with van der Waals surface area (Å²) < 4.78 is 0. The van der Waals surface area contributed by atoms with Crippen LogP contribution in [0.1, 0.15) is 20.7 Å². The number of aromatic carboxylic acids is 2. The van der Waals surface area contributed by atoms with Gasteiger partial charge in [0.05, 0.1) is 11.1 Å². The largest absolute Gasteiger partial charge is 0.478 e. The second-order valence-electron chi connectivity index (χ2n) is 4.93. The first kappa shape index (κ1) is 20.8. The zero-order chi connectivity index (χ0) is 18.2. The number of hydrogen-bond acceptors (Lipinski definition) is 5. The van der Waals surface area contributed by atoms with Crippen LogP contribution in [0, 0.1) is 0 Å². The third-order valence-electron chi connectivity index (χ3n) is 3.14. The minimum Gasteiger partial charge on any atom is -0.478 e. The van der Waals surface area contributed by atoms with E-state index in [-0.39, 0.29) is 33.6 Å².